The second-order valence-corrected chi connectivity index (χ2v) is 21.4. The van der Waals surface area contributed by atoms with Crippen molar-refractivity contribution in [2.24, 2.45) is 5.41 Å². The summed E-state index contributed by atoms with van der Waals surface area (Å²) in [4.78, 5) is 77.9. The molecule has 0 aliphatic carbocycles. The predicted molar refractivity (Wildman–Crippen MR) is 258 cm³/mol. The van der Waals surface area contributed by atoms with Gasteiger partial charge in [0, 0.05) is 50.7 Å². The lowest BCUT2D eigenvalue weighted by atomic mass is 9.86. The van der Waals surface area contributed by atoms with E-state index in [1.165, 1.54) is 28.5 Å². The van der Waals surface area contributed by atoms with Crippen LogP contribution in [0.5, 0.6) is 0 Å². The molecular weight excluding hydrogens is 885 g/mol. The normalized spacial score (nSPS) is 19.5. The van der Waals surface area contributed by atoms with Crippen LogP contribution in [0.4, 0.5) is 0 Å². The number of thioether (sulfide) groups is 1. The number of likely N-dealkylation sites (tertiary alicyclic amines) is 2. The number of aryl methyl sites for hydroxylation is 2. The van der Waals surface area contributed by atoms with Crippen LogP contribution in [-0.4, -0.2) is 127 Å². The summed E-state index contributed by atoms with van der Waals surface area (Å²) in [5, 5.41) is 32.0. The molecule has 0 bridgehead atoms. The quantitative estimate of drug-likeness (QED) is 0.102. The number of carbonyl (C=O) groups excluding carboxylic acids is 5. The van der Waals surface area contributed by atoms with Gasteiger partial charge in [-0.2, -0.15) is 11.8 Å². The van der Waals surface area contributed by atoms with Crippen LogP contribution < -0.4 is 21.3 Å². The van der Waals surface area contributed by atoms with Gasteiger partial charge in [-0.1, -0.05) is 69.3 Å². The van der Waals surface area contributed by atoms with Gasteiger partial charge in [-0.15, -0.1) is 22.7 Å². The van der Waals surface area contributed by atoms with Crippen LogP contribution in [0.1, 0.15) is 76.9 Å². The van der Waals surface area contributed by atoms with Crippen LogP contribution in [0.25, 0.3) is 20.9 Å². The van der Waals surface area contributed by atoms with E-state index in [2.05, 4.69) is 31.2 Å². The van der Waals surface area contributed by atoms with Gasteiger partial charge in [0.25, 0.3) is 0 Å². The van der Waals surface area contributed by atoms with Crippen LogP contribution >= 0.6 is 34.4 Å². The Bertz CT molecular complexity index is 2270. The van der Waals surface area contributed by atoms with Gasteiger partial charge in [0.15, 0.2) is 0 Å². The van der Waals surface area contributed by atoms with Crippen molar-refractivity contribution in [3.63, 3.8) is 0 Å². The minimum absolute atomic E-state index is 0.0559. The molecule has 6 atom stereocenters. The smallest absolute Gasteiger partial charge is 0.247 e. The molecule has 4 aromatic rings. The number of aliphatic hydroxyl groups excluding tert-OH is 2. The molecular formula is C47H64N8O7S3. The van der Waals surface area contributed by atoms with E-state index >= 15 is 0 Å². The summed E-state index contributed by atoms with van der Waals surface area (Å²) in [6.07, 6.45) is 0.790. The number of hydrogen-bond acceptors (Lipinski definition) is 13. The van der Waals surface area contributed by atoms with Gasteiger partial charge in [0.05, 0.1) is 50.4 Å². The highest BCUT2D eigenvalue weighted by Gasteiger charge is 2.46. The third-order valence-electron chi connectivity index (χ3n) is 11.8. The van der Waals surface area contributed by atoms with Crippen LogP contribution in [0.2, 0.25) is 0 Å². The first-order valence-corrected chi connectivity index (χ1v) is 24.6. The van der Waals surface area contributed by atoms with Gasteiger partial charge >= 0.3 is 0 Å². The lowest BCUT2D eigenvalue weighted by Crippen LogP contribution is -2.59. The Balaban J connectivity index is 0.000000245. The standard InChI is InChI=1S/C24H32N4O4S2.C23H32N4O3S/c1-14-20(34-13-26-14)17-8-6-16(7-9-17)11-25-22(31)19-10-18(30)12-28(19)23(32)21(27-15(2)29)24(3,4)33-5;1-14-19(31-13-26-14)16-8-6-15(7-9-16)11-25-21(29)18-10-17(28)12-27(18)22(30)20(24-5)23(2,3)4/h6-9,13,18-19,21,30H,10-12H2,1-5H3,(H,25,31)(H,27,29);6-9,13,17-18,20,24,28H,10-12H2,1-5H3,(H,25,29)/t18-,19+,21-;17-,18+,20-/m11/s1. The van der Waals surface area contributed by atoms with E-state index in [0.717, 1.165) is 43.4 Å². The molecule has 6 rings (SSSR count). The van der Waals surface area contributed by atoms with Gasteiger partial charge in [-0.05, 0) is 68.7 Å². The number of likely N-dealkylation sites (N-methyl/N-ethyl adjacent to an activating group) is 1. The second-order valence-electron chi connectivity index (χ2n) is 18.2. The van der Waals surface area contributed by atoms with Gasteiger partial charge < -0.3 is 41.3 Å². The number of carbonyl (C=O) groups is 5. The van der Waals surface area contributed by atoms with Crippen LogP contribution in [0.15, 0.2) is 59.6 Å². The zero-order chi connectivity index (χ0) is 47.8. The van der Waals surface area contributed by atoms with Gasteiger partial charge in [0.2, 0.25) is 29.5 Å². The number of benzene rings is 2. The fourth-order valence-electron chi connectivity index (χ4n) is 8.04. The number of hydrogen-bond donors (Lipinski definition) is 6. The fourth-order valence-corrected chi connectivity index (χ4v) is 10.1. The van der Waals surface area contributed by atoms with Crippen molar-refractivity contribution in [2.45, 2.75) is 122 Å². The molecule has 4 heterocycles. The molecule has 0 spiro atoms. The molecule has 2 aliphatic heterocycles. The van der Waals surface area contributed by atoms with Gasteiger partial charge in [0.1, 0.15) is 18.1 Å². The van der Waals surface area contributed by atoms with Crippen molar-refractivity contribution in [1.29, 1.82) is 0 Å². The van der Waals surface area contributed by atoms with Crippen LogP contribution in [0, 0.1) is 19.3 Å². The molecule has 18 heteroatoms. The summed E-state index contributed by atoms with van der Waals surface area (Å²) >= 11 is 4.65. The van der Waals surface area contributed by atoms with E-state index in [-0.39, 0.29) is 60.9 Å². The highest BCUT2D eigenvalue weighted by Crippen LogP contribution is 2.31. The summed E-state index contributed by atoms with van der Waals surface area (Å²) in [5.74, 6) is -1.41. The average Bonchev–Trinajstić information content (AvgIpc) is 4.08. The molecule has 15 nitrogen and oxygen atoms in total. The largest absolute Gasteiger partial charge is 0.391 e. The molecule has 0 unspecified atom stereocenters. The molecule has 5 amide bonds. The van der Waals surface area contributed by atoms with Crippen molar-refractivity contribution < 1.29 is 34.2 Å². The van der Waals surface area contributed by atoms with Crippen LogP contribution in [0.3, 0.4) is 0 Å². The van der Waals surface area contributed by atoms with Crippen LogP contribution in [-0.2, 0) is 37.1 Å². The third-order valence-corrected chi connectivity index (χ3v) is 15.0. The van der Waals surface area contributed by atoms with E-state index < -0.39 is 41.1 Å². The summed E-state index contributed by atoms with van der Waals surface area (Å²) < 4.78 is -0.588. The molecule has 0 saturated carbocycles. The Labute approximate surface area is 394 Å². The molecule has 2 fully saturated rings. The van der Waals surface area contributed by atoms with E-state index in [9.17, 15) is 34.2 Å². The molecule has 2 saturated heterocycles. The van der Waals surface area contributed by atoms with Crippen molar-refractivity contribution >= 4 is 64.0 Å². The van der Waals surface area contributed by atoms with Gasteiger partial charge in [-0.25, -0.2) is 9.97 Å². The second kappa shape index (κ2) is 22.2. The number of nitrogens with zero attached hydrogens (tertiary/aromatic N) is 4. The number of thiazole rings is 2. The number of aliphatic hydroxyl groups is 2. The molecule has 352 valence electrons. The van der Waals surface area contributed by atoms with E-state index in [1.807, 2.05) is 114 Å². The summed E-state index contributed by atoms with van der Waals surface area (Å²) in [7, 11) is 1.74. The van der Waals surface area contributed by atoms with Crippen molar-refractivity contribution in [3.05, 3.63) is 82.1 Å². The average molecular weight is 949 g/mol. The molecule has 0 radical (unpaired) electrons. The van der Waals surface area contributed by atoms with E-state index in [1.54, 1.807) is 29.7 Å². The monoisotopic (exact) mass is 948 g/mol. The Morgan fingerprint density at radius 3 is 1.45 bits per heavy atom. The Kier molecular flexibility index (Phi) is 17.5. The maximum absolute atomic E-state index is 13.4. The van der Waals surface area contributed by atoms with E-state index in [0.29, 0.717) is 13.1 Å². The summed E-state index contributed by atoms with van der Waals surface area (Å²) in [6.45, 7) is 15.9. The number of aromatic nitrogens is 2. The minimum Gasteiger partial charge on any atom is -0.391 e. The zero-order valence-corrected chi connectivity index (χ0v) is 41.4. The molecule has 2 aromatic heterocycles. The summed E-state index contributed by atoms with van der Waals surface area (Å²) in [6, 6.07) is 13.2. The van der Waals surface area contributed by atoms with Crippen molar-refractivity contribution in [1.82, 2.24) is 41.0 Å². The molecule has 2 aromatic carbocycles. The van der Waals surface area contributed by atoms with Crippen molar-refractivity contribution in [2.75, 3.05) is 26.4 Å². The Morgan fingerprint density at radius 1 is 0.723 bits per heavy atom. The highest BCUT2D eigenvalue weighted by atomic mass is 32.2. The molecule has 6 N–H and O–H groups in total. The summed E-state index contributed by atoms with van der Waals surface area (Å²) in [5.41, 5.74) is 9.41. The predicted octanol–water partition coefficient (Wildman–Crippen LogP) is 4.67. The SMILES string of the molecule is CN[C@H](C(=O)N1C[C@H](O)C[C@H]1C(=O)NCc1ccc(-c2scnc2C)cc1)C(C)(C)C.CSC(C)(C)[C@H](NC(C)=O)C(=O)N1C[C@H](O)C[C@H]1C(=O)NCc1ccc(-c2scnc2C)cc1. The van der Waals surface area contributed by atoms with Crippen molar-refractivity contribution in [3.8, 4) is 20.9 Å². The van der Waals surface area contributed by atoms with Gasteiger partial charge in [-0.3, -0.25) is 24.0 Å². The topological polar surface area (TPSA) is 206 Å². The number of β-amino-alcohol motifs (C(OH)–C–C–N with tert-alkyl or cyclic N) is 2. The highest BCUT2D eigenvalue weighted by molar-refractivity contribution is 8.00. The first-order valence-electron chi connectivity index (χ1n) is 21.7. The number of nitrogens with one attached hydrogen (secondary N) is 4. The Hall–Kier alpha value is -4.72. The maximum Gasteiger partial charge on any atom is 0.247 e. The first-order chi connectivity index (χ1) is 30.6. The zero-order valence-electron chi connectivity index (χ0n) is 38.9. The first kappa shape index (κ1) is 51.3. The Morgan fingerprint density at radius 2 is 1.12 bits per heavy atom. The number of amides is 5. The maximum atomic E-state index is 13.4. The third kappa shape index (κ3) is 13.0. The van der Waals surface area contributed by atoms with E-state index in [4.69, 9.17) is 0 Å². The molecule has 65 heavy (non-hydrogen) atoms. The lowest BCUT2D eigenvalue weighted by Gasteiger charge is -2.36. The lowest BCUT2D eigenvalue weighted by molar-refractivity contribution is -0.142. The fraction of sp³-hybridized carbons (Fsp3) is 0.511. The molecule has 2 aliphatic rings. The minimum atomic E-state index is -0.816. The number of rotatable bonds is 14.